The number of methoxy groups -OCH3 is 1. The molecule has 29 heavy (non-hydrogen) atoms. The van der Waals surface area contributed by atoms with Crippen molar-refractivity contribution in [3.8, 4) is 11.4 Å². The van der Waals surface area contributed by atoms with E-state index >= 15 is 0 Å². The van der Waals surface area contributed by atoms with E-state index in [0.717, 1.165) is 11.2 Å². The zero-order chi connectivity index (χ0) is 20.2. The molecule has 0 atom stereocenters. The summed E-state index contributed by atoms with van der Waals surface area (Å²) in [6, 6.07) is 22.0. The van der Waals surface area contributed by atoms with Crippen molar-refractivity contribution in [3.63, 3.8) is 0 Å². The predicted octanol–water partition coefficient (Wildman–Crippen LogP) is 3.56. The van der Waals surface area contributed by atoms with Gasteiger partial charge in [0.1, 0.15) is 16.8 Å². The number of aromatic nitrogens is 3. The van der Waals surface area contributed by atoms with E-state index in [1.54, 1.807) is 36.2 Å². The van der Waals surface area contributed by atoms with Crippen LogP contribution in [-0.2, 0) is 0 Å². The van der Waals surface area contributed by atoms with Crippen LogP contribution in [0.1, 0.15) is 10.4 Å². The lowest BCUT2D eigenvalue weighted by molar-refractivity contribution is 0.0977. The number of carbonyl (C=O) groups excluding carboxylic acids is 1. The summed E-state index contributed by atoms with van der Waals surface area (Å²) in [5.74, 6) is 0.279. The minimum atomic E-state index is -0.322. The number of fused-ring (bicyclic) bond motifs is 1. The standard InChI is InChI=1S/C21H17N5O2S/c1-28-17-9-5-6-14(12-17)20(27)23-21(29)22-15-10-11-18-19(13-15)25-26(24-18)16-7-3-2-4-8-16/h2-13H,1H3,(H2,22,23,27,29). The zero-order valence-corrected chi connectivity index (χ0v) is 16.3. The van der Waals surface area contributed by atoms with Crippen LogP contribution < -0.4 is 15.4 Å². The number of ether oxygens (including phenoxy) is 1. The molecule has 2 N–H and O–H groups in total. The van der Waals surface area contributed by atoms with Crippen molar-refractivity contribution in [1.29, 1.82) is 0 Å². The van der Waals surface area contributed by atoms with E-state index in [1.807, 2.05) is 48.5 Å². The number of carbonyl (C=O) groups is 1. The Balaban J connectivity index is 1.47. The molecule has 7 nitrogen and oxygen atoms in total. The van der Waals surface area contributed by atoms with Crippen molar-refractivity contribution in [3.05, 3.63) is 78.4 Å². The van der Waals surface area contributed by atoms with Gasteiger partial charge in [0.05, 0.1) is 12.8 Å². The summed E-state index contributed by atoms with van der Waals surface area (Å²) in [7, 11) is 1.55. The summed E-state index contributed by atoms with van der Waals surface area (Å²) in [4.78, 5) is 13.9. The number of rotatable bonds is 4. The monoisotopic (exact) mass is 403 g/mol. The molecule has 0 spiro atoms. The molecule has 144 valence electrons. The third-order valence-electron chi connectivity index (χ3n) is 4.18. The van der Waals surface area contributed by atoms with Gasteiger partial charge in [-0.05, 0) is 60.7 Å². The van der Waals surface area contributed by atoms with Gasteiger partial charge >= 0.3 is 0 Å². The van der Waals surface area contributed by atoms with Gasteiger partial charge in [-0.2, -0.15) is 4.80 Å². The normalized spacial score (nSPS) is 10.5. The molecule has 1 amide bonds. The molecule has 1 aromatic heterocycles. The summed E-state index contributed by atoms with van der Waals surface area (Å²) in [6.07, 6.45) is 0. The van der Waals surface area contributed by atoms with Crippen molar-refractivity contribution in [1.82, 2.24) is 20.3 Å². The minimum absolute atomic E-state index is 0.188. The lowest BCUT2D eigenvalue weighted by Crippen LogP contribution is -2.34. The van der Waals surface area contributed by atoms with Crippen molar-refractivity contribution >= 4 is 40.0 Å². The van der Waals surface area contributed by atoms with Gasteiger partial charge in [-0.15, -0.1) is 10.2 Å². The molecule has 0 bridgehead atoms. The Bertz CT molecular complexity index is 1190. The van der Waals surface area contributed by atoms with Gasteiger partial charge in [0.25, 0.3) is 5.91 Å². The van der Waals surface area contributed by atoms with Gasteiger partial charge in [-0.3, -0.25) is 10.1 Å². The summed E-state index contributed by atoms with van der Waals surface area (Å²) in [6.45, 7) is 0. The van der Waals surface area contributed by atoms with Crippen LogP contribution >= 0.6 is 12.2 Å². The maximum Gasteiger partial charge on any atom is 0.257 e. The molecule has 8 heteroatoms. The van der Waals surface area contributed by atoms with E-state index in [0.29, 0.717) is 22.5 Å². The largest absolute Gasteiger partial charge is 0.497 e. The lowest BCUT2D eigenvalue weighted by atomic mass is 10.2. The minimum Gasteiger partial charge on any atom is -0.497 e. The molecule has 0 saturated heterocycles. The number of benzene rings is 3. The summed E-state index contributed by atoms with van der Waals surface area (Å²) >= 11 is 5.26. The molecular formula is C21H17N5O2S. The number of anilines is 1. The molecule has 0 saturated carbocycles. The molecule has 0 aliphatic carbocycles. The molecule has 0 unspecified atom stereocenters. The first-order valence-electron chi connectivity index (χ1n) is 8.81. The number of nitrogens with one attached hydrogen (secondary N) is 2. The highest BCUT2D eigenvalue weighted by Crippen LogP contribution is 2.18. The van der Waals surface area contributed by atoms with Crippen LogP contribution in [0.3, 0.4) is 0 Å². The fourth-order valence-electron chi connectivity index (χ4n) is 2.77. The molecule has 0 fully saturated rings. The Hall–Kier alpha value is -3.78. The van der Waals surface area contributed by atoms with Crippen LogP contribution in [0.4, 0.5) is 5.69 Å². The molecule has 4 rings (SSSR count). The summed E-state index contributed by atoms with van der Waals surface area (Å²) < 4.78 is 5.14. The second kappa shape index (κ2) is 8.07. The van der Waals surface area contributed by atoms with Crippen LogP contribution in [-0.4, -0.2) is 33.1 Å². The van der Waals surface area contributed by atoms with E-state index in [-0.39, 0.29) is 11.0 Å². The maximum atomic E-state index is 12.4. The Morgan fingerprint density at radius 1 is 0.966 bits per heavy atom. The highest BCUT2D eigenvalue weighted by molar-refractivity contribution is 7.80. The van der Waals surface area contributed by atoms with E-state index < -0.39 is 0 Å². The first-order valence-corrected chi connectivity index (χ1v) is 9.22. The topological polar surface area (TPSA) is 81.1 Å². The lowest BCUT2D eigenvalue weighted by Gasteiger charge is -2.10. The Morgan fingerprint density at radius 2 is 1.76 bits per heavy atom. The van der Waals surface area contributed by atoms with Gasteiger partial charge in [-0.1, -0.05) is 24.3 Å². The van der Waals surface area contributed by atoms with Crippen LogP contribution in [0.5, 0.6) is 5.75 Å². The predicted molar refractivity (Wildman–Crippen MR) is 116 cm³/mol. The fraction of sp³-hybridized carbons (Fsp3) is 0.0476. The fourth-order valence-corrected chi connectivity index (χ4v) is 2.98. The number of nitrogens with zero attached hydrogens (tertiary/aromatic N) is 3. The van der Waals surface area contributed by atoms with E-state index in [2.05, 4.69) is 20.8 Å². The Morgan fingerprint density at radius 3 is 2.55 bits per heavy atom. The molecule has 1 heterocycles. The zero-order valence-electron chi connectivity index (χ0n) is 15.5. The van der Waals surface area contributed by atoms with Crippen LogP contribution in [0, 0.1) is 0 Å². The molecule has 3 aromatic carbocycles. The van der Waals surface area contributed by atoms with Crippen molar-refractivity contribution < 1.29 is 9.53 Å². The van der Waals surface area contributed by atoms with Gasteiger partial charge < -0.3 is 10.1 Å². The van der Waals surface area contributed by atoms with Crippen LogP contribution in [0.2, 0.25) is 0 Å². The third-order valence-corrected chi connectivity index (χ3v) is 4.39. The van der Waals surface area contributed by atoms with Crippen molar-refractivity contribution in [2.24, 2.45) is 0 Å². The highest BCUT2D eigenvalue weighted by Gasteiger charge is 2.10. The summed E-state index contributed by atoms with van der Waals surface area (Å²) in [5, 5.41) is 14.8. The van der Waals surface area contributed by atoms with E-state index in [9.17, 15) is 4.79 Å². The van der Waals surface area contributed by atoms with Crippen LogP contribution in [0.25, 0.3) is 16.7 Å². The number of amides is 1. The highest BCUT2D eigenvalue weighted by atomic mass is 32.1. The number of hydrogen-bond donors (Lipinski definition) is 2. The Kier molecular flexibility index (Phi) is 5.17. The maximum absolute atomic E-state index is 12.4. The molecule has 4 aromatic rings. The van der Waals surface area contributed by atoms with Gasteiger partial charge in [0.2, 0.25) is 0 Å². The first kappa shape index (κ1) is 18.6. The molecule has 0 aliphatic rings. The van der Waals surface area contributed by atoms with Gasteiger partial charge in [-0.25, -0.2) is 0 Å². The average Bonchev–Trinajstić information content (AvgIpc) is 3.18. The van der Waals surface area contributed by atoms with Gasteiger partial charge in [0.15, 0.2) is 5.11 Å². The smallest absolute Gasteiger partial charge is 0.257 e. The molecule has 0 radical (unpaired) electrons. The van der Waals surface area contributed by atoms with Gasteiger partial charge in [0, 0.05) is 11.3 Å². The molecular weight excluding hydrogens is 386 g/mol. The van der Waals surface area contributed by atoms with Crippen LogP contribution in [0.15, 0.2) is 72.8 Å². The van der Waals surface area contributed by atoms with Crippen molar-refractivity contribution in [2.75, 3.05) is 12.4 Å². The first-order chi connectivity index (χ1) is 14.1. The summed E-state index contributed by atoms with van der Waals surface area (Å²) in [5.41, 5.74) is 3.49. The second-order valence-electron chi connectivity index (χ2n) is 6.17. The quantitative estimate of drug-likeness (QED) is 0.507. The Labute approximate surface area is 172 Å². The third kappa shape index (κ3) is 4.22. The van der Waals surface area contributed by atoms with E-state index in [4.69, 9.17) is 17.0 Å². The van der Waals surface area contributed by atoms with Crippen molar-refractivity contribution in [2.45, 2.75) is 0 Å². The SMILES string of the molecule is COc1cccc(C(=O)NC(=S)Nc2ccc3nn(-c4ccccc4)nc3c2)c1. The van der Waals surface area contributed by atoms with E-state index in [1.165, 1.54) is 0 Å². The number of thiocarbonyl (C=S) groups is 1. The second-order valence-corrected chi connectivity index (χ2v) is 6.58. The number of para-hydroxylation sites is 1. The number of hydrogen-bond acceptors (Lipinski definition) is 5. The average molecular weight is 403 g/mol. The molecule has 0 aliphatic heterocycles.